The van der Waals surface area contributed by atoms with Gasteiger partial charge in [0.15, 0.2) is 0 Å². The molecule has 3 aromatic rings. The number of carbonyl (C=O) groups excluding carboxylic acids is 1. The van der Waals surface area contributed by atoms with Crippen LogP contribution < -0.4 is 16.2 Å². The van der Waals surface area contributed by atoms with Crippen LogP contribution in [0, 0.1) is 5.41 Å². The van der Waals surface area contributed by atoms with Gasteiger partial charge in [-0.3, -0.25) is 15.2 Å². The average Bonchev–Trinajstić information content (AvgIpc) is 2.92. The number of aromatic amines is 1. The number of benzene rings is 1. The van der Waals surface area contributed by atoms with Crippen LogP contribution in [0.25, 0.3) is 16.6 Å². The number of amides is 2. The highest BCUT2D eigenvalue weighted by molar-refractivity contribution is 6.30. The third kappa shape index (κ3) is 3.11. The third-order valence-corrected chi connectivity index (χ3v) is 3.82. The first kappa shape index (κ1) is 16.7. The molecule has 0 aliphatic rings. The maximum absolute atomic E-state index is 12.6. The second kappa shape index (κ2) is 6.78. The molecule has 0 spiro atoms. The Kier molecular flexibility index (Phi) is 4.53. The molecule has 3 rings (SSSR count). The molecule has 0 aliphatic carbocycles. The summed E-state index contributed by atoms with van der Waals surface area (Å²) < 4.78 is 1.34. The van der Waals surface area contributed by atoms with Crippen LogP contribution in [0.4, 0.5) is 10.6 Å². The van der Waals surface area contributed by atoms with Gasteiger partial charge in [-0.05, 0) is 31.2 Å². The molecule has 4 N–H and O–H groups in total. The highest BCUT2D eigenvalue weighted by Crippen LogP contribution is 2.20. The van der Waals surface area contributed by atoms with Crippen LogP contribution in [-0.2, 0) is 0 Å². The number of hydrogen-bond donors (Lipinski definition) is 4. The summed E-state index contributed by atoms with van der Waals surface area (Å²) in [6, 6.07) is 6.31. The topological polar surface area (TPSA) is 116 Å². The monoisotopic (exact) mass is 358 g/mol. The molecule has 128 valence electrons. The molecule has 0 bridgehead atoms. The van der Waals surface area contributed by atoms with Gasteiger partial charge in [0.1, 0.15) is 5.82 Å². The number of urea groups is 1. The fraction of sp³-hybridized carbons (Fsp3) is 0.125. The summed E-state index contributed by atoms with van der Waals surface area (Å²) in [5.74, 6) is 0.193. The van der Waals surface area contributed by atoms with E-state index in [-0.39, 0.29) is 11.4 Å². The minimum Gasteiger partial charge on any atom is -0.338 e. The van der Waals surface area contributed by atoms with Gasteiger partial charge in [0.25, 0.3) is 5.56 Å². The van der Waals surface area contributed by atoms with Crippen LogP contribution >= 0.6 is 11.6 Å². The van der Waals surface area contributed by atoms with Gasteiger partial charge < -0.3 is 10.7 Å². The summed E-state index contributed by atoms with van der Waals surface area (Å²) in [4.78, 5) is 28.4. The van der Waals surface area contributed by atoms with E-state index in [0.29, 0.717) is 33.7 Å². The van der Waals surface area contributed by atoms with Crippen molar-refractivity contribution >= 4 is 40.6 Å². The first-order valence-corrected chi connectivity index (χ1v) is 7.88. The van der Waals surface area contributed by atoms with E-state index in [1.807, 2.05) is 0 Å². The van der Waals surface area contributed by atoms with Crippen LogP contribution in [0.5, 0.6) is 0 Å². The van der Waals surface area contributed by atoms with Crippen molar-refractivity contribution in [2.45, 2.75) is 6.92 Å². The predicted molar refractivity (Wildman–Crippen MR) is 97.3 cm³/mol. The molecule has 2 heterocycles. The van der Waals surface area contributed by atoms with Crippen molar-refractivity contribution in [3.05, 3.63) is 51.4 Å². The molecule has 0 radical (unpaired) electrons. The zero-order chi connectivity index (χ0) is 18.0. The molecular formula is C16H15ClN6O2. The second-order valence-corrected chi connectivity index (χ2v) is 5.60. The number of rotatable bonds is 4. The van der Waals surface area contributed by atoms with Crippen LogP contribution in [0.3, 0.4) is 0 Å². The molecular weight excluding hydrogens is 344 g/mol. The van der Waals surface area contributed by atoms with Gasteiger partial charge in [-0.25, -0.2) is 14.5 Å². The van der Waals surface area contributed by atoms with Crippen LogP contribution in [-0.4, -0.2) is 33.6 Å². The Bertz CT molecular complexity index is 1010. The Morgan fingerprint density at radius 3 is 2.76 bits per heavy atom. The zero-order valence-corrected chi connectivity index (χ0v) is 14.0. The summed E-state index contributed by atoms with van der Waals surface area (Å²) in [7, 11) is 0. The Morgan fingerprint density at radius 1 is 1.40 bits per heavy atom. The molecule has 9 heteroatoms. The molecule has 1 aromatic carbocycles. The van der Waals surface area contributed by atoms with Crippen molar-refractivity contribution in [1.82, 2.24) is 20.1 Å². The van der Waals surface area contributed by atoms with Gasteiger partial charge in [-0.15, -0.1) is 0 Å². The zero-order valence-electron chi connectivity index (χ0n) is 13.3. The maximum Gasteiger partial charge on any atom is 0.320 e. The Balaban J connectivity index is 2.14. The molecule has 0 saturated heterocycles. The predicted octanol–water partition coefficient (Wildman–Crippen LogP) is 2.51. The number of nitrogens with one attached hydrogen (secondary N) is 4. The van der Waals surface area contributed by atoms with Gasteiger partial charge in [-0.1, -0.05) is 11.6 Å². The summed E-state index contributed by atoms with van der Waals surface area (Å²) in [5, 5.41) is 16.6. The molecule has 25 heavy (non-hydrogen) atoms. The van der Waals surface area contributed by atoms with E-state index in [0.717, 1.165) is 6.21 Å². The minimum absolute atomic E-state index is 0.193. The number of halogens is 1. The average molecular weight is 359 g/mol. The number of pyridine rings is 1. The number of aromatic nitrogens is 3. The minimum atomic E-state index is -0.433. The third-order valence-electron chi connectivity index (χ3n) is 3.57. The quantitative estimate of drug-likeness (QED) is 0.537. The van der Waals surface area contributed by atoms with Crippen molar-refractivity contribution in [2.24, 2.45) is 0 Å². The summed E-state index contributed by atoms with van der Waals surface area (Å²) >= 11 is 5.88. The van der Waals surface area contributed by atoms with E-state index in [1.165, 1.54) is 10.9 Å². The fourth-order valence-electron chi connectivity index (χ4n) is 2.42. The summed E-state index contributed by atoms with van der Waals surface area (Å²) in [6.45, 7) is 2.25. The van der Waals surface area contributed by atoms with Crippen molar-refractivity contribution in [2.75, 3.05) is 11.9 Å². The molecule has 0 atom stereocenters. The summed E-state index contributed by atoms with van der Waals surface area (Å²) in [6.07, 6.45) is 2.41. The fourth-order valence-corrected chi connectivity index (χ4v) is 2.54. The van der Waals surface area contributed by atoms with Crippen LogP contribution in [0.1, 0.15) is 12.5 Å². The lowest BCUT2D eigenvalue weighted by Crippen LogP contribution is -2.29. The number of hydrogen-bond acceptors (Lipinski definition) is 4. The molecule has 8 nitrogen and oxygen atoms in total. The molecule has 0 aliphatic heterocycles. The van der Waals surface area contributed by atoms with E-state index >= 15 is 0 Å². The Hall–Kier alpha value is -3.13. The number of H-pyrrole nitrogens is 1. The first-order chi connectivity index (χ1) is 12.0. The van der Waals surface area contributed by atoms with Crippen molar-refractivity contribution < 1.29 is 4.79 Å². The maximum atomic E-state index is 12.6. The lowest BCUT2D eigenvalue weighted by Gasteiger charge is -2.07. The Morgan fingerprint density at radius 2 is 2.12 bits per heavy atom. The van der Waals surface area contributed by atoms with Crippen molar-refractivity contribution in [3.63, 3.8) is 0 Å². The first-order valence-electron chi connectivity index (χ1n) is 7.50. The second-order valence-electron chi connectivity index (χ2n) is 5.17. The number of carbonyl (C=O) groups is 1. The van der Waals surface area contributed by atoms with Gasteiger partial charge >= 0.3 is 6.03 Å². The number of fused-ring (bicyclic) bond motifs is 1. The van der Waals surface area contributed by atoms with Gasteiger partial charge in [0.05, 0.1) is 22.2 Å². The largest absolute Gasteiger partial charge is 0.338 e. The van der Waals surface area contributed by atoms with E-state index in [4.69, 9.17) is 17.0 Å². The molecule has 0 unspecified atom stereocenters. The molecule has 2 amide bonds. The van der Waals surface area contributed by atoms with Crippen molar-refractivity contribution in [3.8, 4) is 5.69 Å². The number of anilines is 1. The van der Waals surface area contributed by atoms with Crippen LogP contribution in [0.2, 0.25) is 5.02 Å². The van der Waals surface area contributed by atoms with E-state index in [1.54, 1.807) is 31.2 Å². The molecule has 2 aromatic heterocycles. The summed E-state index contributed by atoms with van der Waals surface area (Å²) in [5.41, 5.74) is 1.02. The van der Waals surface area contributed by atoms with Crippen LogP contribution in [0.15, 0.2) is 35.3 Å². The SMILES string of the molecule is CCNC(=O)Nc1ncc2c(=O)n(-c3ccc(Cl)cc3)[nH]c2c1C=N. The lowest BCUT2D eigenvalue weighted by atomic mass is 10.2. The Labute approximate surface area is 147 Å². The highest BCUT2D eigenvalue weighted by Gasteiger charge is 2.16. The smallest absolute Gasteiger partial charge is 0.320 e. The van der Waals surface area contributed by atoms with E-state index < -0.39 is 6.03 Å². The standard InChI is InChI=1S/C16H15ClN6O2/c1-2-19-16(25)21-14-11(7-18)13-12(8-20-14)15(24)23(22-13)10-5-3-9(17)4-6-10/h3-8,18,22H,2H2,1H3,(H2,19,20,21,25). The molecule has 0 saturated carbocycles. The van der Waals surface area contributed by atoms with Gasteiger partial charge in [-0.2, -0.15) is 0 Å². The molecule has 0 fully saturated rings. The van der Waals surface area contributed by atoms with E-state index in [2.05, 4.69) is 20.7 Å². The van der Waals surface area contributed by atoms with Gasteiger partial charge in [0.2, 0.25) is 0 Å². The highest BCUT2D eigenvalue weighted by atomic mass is 35.5. The van der Waals surface area contributed by atoms with E-state index in [9.17, 15) is 9.59 Å². The van der Waals surface area contributed by atoms with Crippen molar-refractivity contribution in [1.29, 1.82) is 5.41 Å². The normalized spacial score (nSPS) is 10.6. The van der Waals surface area contributed by atoms with Gasteiger partial charge in [0, 0.05) is 24.0 Å². The lowest BCUT2D eigenvalue weighted by molar-refractivity contribution is 0.252. The number of nitrogens with zero attached hydrogens (tertiary/aromatic N) is 2.